The third-order valence-corrected chi connectivity index (χ3v) is 6.79. The van der Waals surface area contributed by atoms with E-state index in [0.717, 1.165) is 11.1 Å². The van der Waals surface area contributed by atoms with Crippen LogP contribution in [-0.4, -0.2) is 28.1 Å². The number of ketones is 2. The summed E-state index contributed by atoms with van der Waals surface area (Å²) in [7, 11) is 0. The normalized spacial score (nSPS) is 25.5. The molecule has 0 aliphatic heterocycles. The summed E-state index contributed by atoms with van der Waals surface area (Å²) in [6.45, 7) is 11.3. The molecule has 0 fully saturated rings. The van der Waals surface area contributed by atoms with Gasteiger partial charge in [0.05, 0.1) is 5.56 Å². The van der Waals surface area contributed by atoms with Gasteiger partial charge in [0.25, 0.3) is 0 Å². The van der Waals surface area contributed by atoms with Crippen LogP contribution >= 0.6 is 0 Å². The summed E-state index contributed by atoms with van der Waals surface area (Å²) in [5.41, 5.74) is 1.23. The van der Waals surface area contributed by atoms with Crippen LogP contribution in [0, 0.1) is 17.3 Å². The first-order valence-electron chi connectivity index (χ1n) is 10.4. The quantitative estimate of drug-likeness (QED) is 0.396. The second kappa shape index (κ2) is 7.53. The molecule has 5 nitrogen and oxygen atoms in total. The molecule has 0 heterocycles. The minimum Gasteiger partial charge on any atom is -0.504 e. The van der Waals surface area contributed by atoms with Crippen molar-refractivity contribution in [1.82, 2.24) is 0 Å². The molecule has 3 rings (SSSR count). The van der Waals surface area contributed by atoms with Crippen molar-refractivity contribution in [3.63, 3.8) is 0 Å². The Morgan fingerprint density at radius 3 is 2.37 bits per heavy atom. The second-order valence-corrected chi connectivity index (χ2v) is 9.41. The van der Waals surface area contributed by atoms with E-state index in [-0.39, 0.29) is 45.7 Å². The highest BCUT2D eigenvalue weighted by atomic mass is 16.3. The molecule has 5 heteroatoms. The number of aldehydes is 1. The smallest absolute Gasteiger partial charge is 0.170 e. The standard InChI is InChI=1S/C25H30O5/c1-12(2)7-8-15-14(5)9-10-25(6)20(15)22(28)18-16(11-26)21(27)23(29)17(13(3)4)19(18)24(25)30/h7,9,11,13,15,20,27,29H,8,10H2,1-6H3/t15-,20+,25+/m0/s1. The largest absolute Gasteiger partial charge is 0.504 e. The maximum absolute atomic E-state index is 13.9. The van der Waals surface area contributed by atoms with Crippen molar-refractivity contribution in [2.24, 2.45) is 17.3 Å². The highest BCUT2D eigenvalue weighted by Crippen LogP contribution is 2.55. The zero-order valence-electron chi connectivity index (χ0n) is 18.5. The Bertz CT molecular complexity index is 1010. The van der Waals surface area contributed by atoms with Gasteiger partial charge in [0.1, 0.15) is 0 Å². The average Bonchev–Trinajstić information content (AvgIpc) is 2.67. The van der Waals surface area contributed by atoms with E-state index in [1.165, 1.54) is 0 Å². The molecule has 0 spiro atoms. The van der Waals surface area contributed by atoms with Crippen molar-refractivity contribution >= 4 is 17.9 Å². The first-order chi connectivity index (χ1) is 14.0. The number of carbonyl (C=O) groups excluding carboxylic acids is 3. The van der Waals surface area contributed by atoms with Crippen molar-refractivity contribution in [3.05, 3.63) is 45.6 Å². The lowest BCUT2D eigenvalue weighted by atomic mass is 9.53. The summed E-state index contributed by atoms with van der Waals surface area (Å²) in [5, 5.41) is 21.0. The summed E-state index contributed by atoms with van der Waals surface area (Å²) >= 11 is 0. The van der Waals surface area contributed by atoms with Gasteiger partial charge in [0.2, 0.25) is 0 Å². The molecule has 1 aromatic carbocycles. The molecule has 0 bridgehead atoms. The second-order valence-electron chi connectivity index (χ2n) is 9.41. The lowest BCUT2D eigenvalue weighted by Gasteiger charge is -2.47. The zero-order valence-corrected chi connectivity index (χ0v) is 18.5. The third-order valence-electron chi connectivity index (χ3n) is 6.79. The number of hydrogen-bond acceptors (Lipinski definition) is 5. The van der Waals surface area contributed by atoms with Crippen LogP contribution in [0.2, 0.25) is 0 Å². The van der Waals surface area contributed by atoms with Crippen LogP contribution in [0.1, 0.15) is 96.9 Å². The lowest BCUT2D eigenvalue weighted by Crippen LogP contribution is -2.51. The molecular formula is C25H30O5. The van der Waals surface area contributed by atoms with Crippen LogP contribution in [0.3, 0.4) is 0 Å². The van der Waals surface area contributed by atoms with Crippen LogP contribution in [0.4, 0.5) is 0 Å². The minimum atomic E-state index is -0.961. The van der Waals surface area contributed by atoms with Gasteiger partial charge < -0.3 is 10.2 Å². The number of allylic oxidation sites excluding steroid dienone is 4. The average molecular weight is 411 g/mol. The molecule has 0 radical (unpaired) electrons. The van der Waals surface area contributed by atoms with Crippen LogP contribution in [0.5, 0.6) is 11.5 Å². The summed E-state index contributed by atoms with van der Waals surface area (Å²) in [5.74, 6) is -2.76. The number of Topliss-reactive ketones (excluding diaryl/α,β-unsaturated/α-hetero) is 2. The highest BCUT2D eigenvalue weighted by molar-refractivity contribution is 6.22. The molecule has 0 unspecified atom stereocenters. The molecule has 3 atom stereocenters. The number of aromatic hydroxyl groups is 2. The van der Waals surface area contributed by atoms with Crippen molar-refractivity contribution in [2.75, 3.05) is 0 Å². The van der Waals surface area contributed by atoms with E-state index in [1.807, 2.05) is 33.8 Å². The number of fused-ring (bicyclic) bond motifs is 2. The predicted octanol–water partition coefficient (Wildman–Crippen LogP) is 5.36. The van der Waals surface area contributed by atoms with E-state index in [2.05, 4.69) is 6.08 Å². The Labute approximate surface area is 177 Å². The van der Waals surface area contributed by atoms with E-state index >= 15 is 0 Å². The van der Waals surface area contributed by atoms with Crippen LogP contribution in [-0.2, 0) is 0 Å². The van der Waals surface area contributed by atoms with Gasteiger partial charge in [0.15, 0.2) is 29.4 Å². The highest BCUT2D eigenvalue weighted by Gasteiger charge is 2.56. The fraction of sp³-hybridized carbons (Fsp3) is 0.480. The van der Waals surface area contributed by atoms with Gasteiger partial charge in [-0.25, -0.2) is 0 Å². The number of phenols is 2. The number of hydrogen-bond donors (Lipinski definition) is 2. The van der Waals surface area contributed by atoms with Crippen LogP contribution in [0.15, 0.2) is 23.3 Å². The maximum atomic E-state index is 13.9. The lowest BCUT2D eigenvalue weighted by molar-refractivity contribution is 0.0480. The van der Waals surface area contributed by atoms with Crippen molar-refractivity contribution in [2.45, 2.75) is 60.3 Å². The van der Waals surface area contributed by atoms with E-state index in [1.54, 1.807) is 13.8 Å². The summed E-state index contributed by atoms with van der Waals surface area (Å²) < 4.78 is 0. The van der Waals surface area contributed by atoms with Gasteiger partial charge >= 0.3 is 0 Å². The van der Waals surface area contributed by atoms with E-state index in [4.69, 9.17) is 0 Å². The van der Waals surface area contributed by atoms with Crippen molar-refractivity contribution < 1.29 is 24.6 Å². The molecule has 2 N–H and O–H groups in total. The van der Waals surface area contributed by atoms with Gasteiger partial charge in [0, 0.05) is 28.0 Å². The summed E-state index contributed by atoms with van der Waals surface area (Å²) in [4.78, 5) is 39.6. The van der Waals surface area contributed by atoms with Gasteiger partial charge in [-0.15, -0.1) is 0 Å². The van der Waals surface area contributed by atoms with Gasteiger partial charge in [-0.2, -0.15) is 0 Å². The van der Waals surface area contributed by atoms with Crippen LogP contribution < -0.4 is 0 Å². The fourth-order valence-electron chi connectivity index (χ4n) is 5.12. The van der Waals surface area contributed by atoms with Gasteiger partial charge in [-0.3, -0.25) is 14.4 Å². The number of phenolic OH excluding ortho intramolecular Hbond substituents is 2. The summed E-state index contributed by atoms with van der Waals surface area (Å²) in [6.07, 6.45) is 5.51. The predicted molar refractivity (Wildman–Crippen MR) is 115 cm³/mol. The van der Waals surface area contributed by atoms with Gasteiger partial charge in [-0.1, -0.05) is 44.1 Å². The first kappa shape index (κ1) is 22.0. The SMILES string of the molecule is CC(C)=CC[C@H]1C(C)=CC[C@@]2(C)C(=O)c3c(c(C=O)c(O)c(O)c3C(C)C)C(=O)[C@@H]12. The van der Waals surface area contributed by atoms with Crippen molar-refractivity contribution in [1.29, 1.82) is 0 Å². The minimum absolute atomic E-state index is 0.0339. The monoisotopic (exact) mass is 410 g/mol. The van der Waals surface area contributed by atoms with Crippen LogP contribution in [0.25, 0.3) is 0 Å². The van der Waals surface area contributed by atoms with Gasteiger partial charge in [-0.05, 0) is 45.4 Å². The molecule has 0 aromatic heterocycles. The zero-order chi connectivity index (χ0) is 22.5. The Balaban J connectivity index is 2.36. The fourth-order valence-corrected chi connectivity index (χ4v) is 5.12. The Kier molecular flexibility index (Phi) is 5.52. The molecule has 0 amide bonds. The molecule has 0 saturated carbocycles. The number of rotatable bonds is 4. The van der Waals surface area contributed by atoms with Crippen molar-refractivity contribution in [3.8, 4) is 11.5 Å². The molecule has 160 valence electrons. The summed E-state index contributed by atoms with van der Waals surface area (Å²) in [6, 6.07) is 0. The molecule has 1 aromatic rings. The maximum Gasteiger partial charge on any atom is 0.170 e. The molecule has 2 aliphatic rings. The molecule has 2 aliphatic carbocycles. The first-order valence-corrected chi connectivity index (χ1v) is 10.4. The van der Waals surface area contributed by atoms with E-state index in [9.17, 15) is 24.6 Å². The topological polar surface area (TPSA) is 91.7 Å². The Morgan fingerprint density at radius 1 is 1.20 bits per heavy atom. The number of benzene rings is 1. The third kappa shape index (κ3) is 3.03. The van der Waals surface area contributed by atoms with E-state index < -0.39 is 22.8 Å². The Hall–Kier alpha value is -2.69. The number of carbonyl (C=O) groups is 3. The van der Waals surface area contributed by atoms with E-state index in [0.29, 0.717) is 19.1 Å². The molecule has 0 saturated heterocycles. The molecule has 30 heavy (non-hydrogen) atoms. The Morgan fingerprint density at radius 2 is 1.83 bits per heavy atom. The molecular weight excluding hydrogens is 380 g/mol.